The van der Waals surface area contributed by atoms with Crippen molar-refractivity contribution in [1.82, 2.24) is 9.21 Å². The highest BCUT2D eigenvalue weighted by atomic mass is 35.5. The summed E-state index contributed by atoms with van der Waals surface area (Å²) in [5, 5.41) is 0.559. The average molecular weight is 503 g/mol. The molecule has 0 radical (unpaired) electrons. The molecule has 0 bridgehead atoms. The number of hydrogen-bond donors (Lipinski definition) is 0. The van der Waals surface area contributed by atoms with E-state index in [1.807, 2.05) is 39.1 Å². The van der Waals surface area contributed by atoms with Gasteiger partial charge in [0.25, 0.3) is 0 Å². The molecule has 0 aliphatic rings. The first-order valence-electron chi connectivity index (χ1n) is 10.5. The van der Waals surface area contributed by atoms with Crippen molar-refractivity contribution < 1.29 is 17.9 Å². The van der Waals surface area contributed by atoms with Gasteiger partial charge in [0.1, 0.15) is 0 Å². The van der Waals surface area contributed by atoms with Crippen molar-refractivity contribution in [2.24, 2.45) is 0 Å². The molecular weight excluding hydrogens is 471 g/mol. The molecule has 6 nitrogen and oxygen atoms in total. The second kappa shape index (κ2) is 12.1. The monoisotopic (exact) mass is 502 g/mol. The molecule has 0 heterocycles. The van der Waals surface area contributed by atoms with Crippen LogP contribution in [0.4, 0.5) is 0 Å². The van der Waals surface area contributed by atoms with Gasteiger partial charge < -0.3 is 14.4 Å². The Balaban J connectivity index is 1.94. The van der Waals surface area contributed by atoms with Gasteiger partial charge in [-0.25, -0.2) is 8.42 Å². The van der Waals surface area contributed by atoms with Gasteiger partial charge in [-0.2, -0.15) is 4.31 Å². The van der Waals surface area contributed by atoms with Crippen LogP contribution in [-0.2, 0) is 16.4 Å². The lowest BCUT2D eigenvalue weighted by molar-refractivity contribution is 0.293. The number of likely N-dealkylation sites (N-methyl/N-ethyl adjacent to an activating group) is 1. The third-order valence-electron chi connectivity index (χ3n) is 5.22. The van der Waals surface area contributed by atoms with Crippen molar-refractivity contribution in [1.29, 1.82) is 0 Å². The Hall–Kier alpha value is -1.51. The van der Waals surface area contributed by atoms with Gasteiger partial charge in [0.05, 0.1) is 29.2 Å². The van der Waals surface area contributed by atoms with Crippen molar-refractivity contribution in [3.8, 4) is 11.5 Å². The van der Waals surface area contributed by atoms with Crippen molar-refractivity contribution in [2.45, 2.75) is 37.6 Å². The van der Waals surface area contributed by atoms with E-state index in [2.05, 4.69) is 4.90 Å². The van der Waals surface area contributed by atoms with Gasteiger partial charge in [0.2, 0.25) is 10.0 Å². The quantitative estimate of drug-likeness (QED) is 0.409. The van der Waals surface area contributed by atoms with E-state index in [-0.39, 0.29) is 16.0 Å². The van der Waals surface area contributed by atoms with Gasteiger partial charge in [-0.05, 0) is 76.2 Å². The zero-order valence-corrected chi connectivity index (χ0v) is 21.6. The highest BCUT2D eigenvalue weighted by molar-refractivity contribution is 7.89. The molecular formula is C23H32Cl2N2O4S. The molecule has 2 aromatic carbocycles. The summed E-state index contributed by atoms with van der Waals surface area (Å²) in [5.74, 6) is 1.43. The SMILES string of the molecule is COc1ccc(CCN(C)CCCN(C(C)C)S(=O)(=O)c2ccc(Cl)c(Cl)c2)cc1OC. The fourth-order valence-electron chi connectivity index (χ4n) is 3.39. The molecule has 0 saturated heterocycles. The van der Waals surface area contributed by atoms with E-state index in [0.717, 1.165) is 25.1 Å². The number of rotatable bonds is 12. The van der Waals surface area contributed by atoms with E-state index in [9.17, 15) is 8.42 Å². The summed E-state index contributed by atoms with van der Waals surface area (Å²) in [7, 11) is 1.62. The molecule has 0 amide bonds. The molecule has 0 spiro atoms. The first kappa shape index (κ1) is 26.7. The van der Waals surface area contributed by atoms with Gasteiger partial charge in [-0.15, -0.1) is 0 Å². The maximum atomic E-state index is 13.1. The molecule has 0 saturated carbocycles. The van der Waals surface area contributed by atoms with E-state index < -0.39 is 10.0 Å². The van der Waals surface area contributed by atoms with Gasteiger partial charge in [0, 0.05) is 19.1 Å². The lowest BCUT2D eigenvalue weighted by Gasteiger charge is -2.27. The Morgan fingerprint density at radius 1 is 0.906 bits per heavy atom. The Kier molecular flexibility index (Phi) is 10.1. The number of ether oxygens (including phenoxy) is 2. The number of sulfonamides is 1. The summed E-state index contributed by atoms with van der Waals surface area (Å²) in [6.07, 6.45) is 1.56. The molecule has 2 aromatic rings. The Bertz CT molecular complexity index is 999. The zero-order valence-electron chi connectivity index (χ0n) is 19.3. The smallest absolute Gasteiger partial charge is 0.243 e. The summed E-state index contributed by atoms with van der Waals surface area (Å²) < 4.78 is 38.4. The fraction of sp³-hybridized carbons (Fsp3) is 0.478. The molecule has 0 N–H and O–H groups in total. The van der Waals surface area contributed by atoms with Crippen LogP contribution < -0.4 is 9.47 Å². The van der Waals surface area contributed by atoms with E-state index in [1.165, 1.54) is 22.5 Å². The van der Waals surface area contributed by atoms with Crippen molar-refractivity contribution >= 4 is 33.2 Å². The number of methoxy groups -OCH3 is 2. The molecule has 9 heteroatoms. The largest absolute Gasteiger partial charge is 0.493 e. The third kappa shape index (κ3) is 6.99. The summed E-state index contributed by atoms with van der Waals surface area (Å²) in [4.78, 5) is 2.35. The van der Waals surface area contributed by atoms with E-state index in [1.54, 1.807) is 14.2 Å². The summed E-state index contributed by atoms with van der Waals surface area (Å²) in [6, 6.07) is 10.2. The maximum Gasteiger partial charge on any atom is 0.243 e. The first-order valence-corrected chi connectivity index (χ1v) is 12.7. The second-order valence-electron chi connectivity index (χ2n) is 7.88. The van der Waals surface area contributed by atoms with Gasteiger partial charge in [-0.1, -0.05) is 29.3 Å². The molecule has 32 heavy (non-hydrogen) atoms. The summed E-state index contributed by atoms with van der Waals surface area (Å²) >= 11 is 12.0. The average Bonchev–Trinajstić information content (AvgIpc) is 2.76. The summed E-state index contributed by atoms with van der Waals surface area (Å²) in [6.45, 7) is 5.77. The maximum absolute atomic E-state index is 13.1. The number of nitrogens with zero attached hydrogens (tertiary/aromatic N) is 2. The van der Waals surface area contributed by atoms with Crippen LogP contribution in [0, 0.1) is 0 Å². The lowest BCUT2D eigenvalue weighted by Crippen LogP contribution is -2.39. The number of benzene rings is 2. The van der Waals surface area contributed by atoms with Crippen LogP contribution in [-0.4, -0.2) is 64.6 Å². The van der Waals surface area contributed by atoms with Crippen LogP contribution in [0.5, 0.6) is 11.5 Å². The number of halogens is 2. The molecule has 178 valence electrons. The van der Waals surface area contributed by atoms with Crippen LogP contribution in [0.3, 0.4) is 0 Å². The van der Waals surface area contributed by atoms with E-state index in [4.69, 9.17) is 32.7 Å². The van der Waals surface area contributed by atoms with Crippen molar-refractivity contribution in [3.05, 3.63) is 52.0 Å². The normalized spacial score (nSPS) is 12.1. The Labute approximate surface area is 202 Å². The predicted molar refractivity (Wildman–Crippen MR) is 131 cm³/mol. The molecule has 0 aliphatic heterocycles. The van der Waals surface area contributed by atoms with Crippen LogP contribution in [0.15, 0.2) is 41.3 Å². The first-order chi connectivity index (χ1) is 15.1. The Morgan fingerprint density at radius 3 is 2.19 bits per heavy atom. The predicted octanol–water partition coefficient (Wildman–Crippen LogP) is 4.97. The van der Waals surface area contributed by atoms with Crippen LogP contribution >= 0.6 is 23.2 Å². The molecule has 2 rings (SSSR count). The van der Waals surface area contributed by atoms with E-state index in [0.29, 0.717) is 29.5 Å². The molecule has 0 aliphatic carbocycles. The lowest BCUT2D eigenvalue weighted by atomic mass is 10.1. The second-order valence-corrected chi connectivity index (χ2v) is 10.6. The molecule has 0 aromatic heterocycles. The minimum atomic E-state index is -3.66. The summed E-state index contributed by atoms with van der Waals surface area (Å²) in [5.41, 5.74) is 1.15. The fourth-order valence-corrected chi connectivity index (χ4v) is 5.46. The third-order valence-corrected chi connectivity index (χ3v) is 8.03. The zero-order chi connectivity index (χ0) is 23.9. The van der Waals surface area contributed by atoms with Crippen LogP contribution in [0.25, 0.3) is 0 Å². The highest BCUT2D eigenvalue weighted by Crippen LogP contribution is 2.28. The van der Waals surface area contributed by atoms with Crippen LogP contribution in [0.2, 0.25) is 10.0 Å². The minimum absolute atomic E-state index is 0.155. The highest BCUT2D eigenvalue weighted by Gasteiger charge is 2.27. The van der Waals surface area contributed by atoms with Gasteiger partial charge >= 0.3 is 0 Å². The topological polar surface area (TPSA) is 59.1 Å². The Morgan fingerprint density at radius 2 is 1.59 bits per heavy atom. The molecule has 0 atom stereocenters. The van der Waals surface area contributed by atoms with Gasteiger partial charge in [-0.3, -0.25) is 0 Å². The van der Waals surface area contributed by atoms with E-state index >= 15 is 0 Å². The van der Waals surface area contributed by atoms with Gasteiger partial charge in [0.15, 0.2) is 11.5 Å². The van der Waals surface area contributed by atoms with Crippen molar-refractivity contribution in [2.75, 3.05) is 40.9 Å². The van der Waals surface area contributed by atoms with Crippen LogP contribution in [0.1, 0.15) is 25.8 Å². The minimum Gasteiger partial charge on any atom is -0.493 e. The standard InChI is InChI=1S/C23H32Cl2N2O4S/c1-17(2)27(32(28,29)19-8-9-20(24)21(25)16-19)13-6-12-26(3)14-11-18-7-10-22(30-4)23(15-18)31-5/h7-10,15-17H,6,11-14H2,1-5H3. The van der Waals surface area contributed by atoms with Crippen molar-refractivity contribution in [3.63, 3.8) is 0 Å². The number of hydrogen-bond acceptors (Lipinski definition) is 5. The molecule has 0 unspecified atom stereocenters. The molecule has 0 fully saturated rings.